The number of aryl methyl sites for hydroxylation is 2. The molecule has 28 heavy (non-hydrogen) atoms. The summed E-state index contributed by atoms with van der Waals surface area (Å²) >= 11 is 1.38. The lowest BCUT2D eigenvalue weighted by atomic mass is 9.95. The Balaban J connectivity index is 1.62. The maximum Gasteiger partial charge on any atom is 0.259 e. The van der Waals surface area contributed by atoms with Gasteiger partial charge in [0.1, 0.15) is 11.9 Å². The second kappa shape index (κ2) is 6.46. The van der Waals surface area contributed by atoms with Crippen molar-refractivity contribution in [3.63, 3.8) is 0 Å². The van der Waals surface area contributed by atoms with Crippen molar-refractivity contribution in [2.75, 3.05) is 13.1 Å². The highest BCUT2D eigenvalue weighted by atomic mass is 32.1. The van der Waals surface area contributed by atoms with Crippen LogP contribution in [0.5, 0.6) is 0 Å². The molecule has 0 aliphatic carbocycles. The number of nitrogens with zero attached hydrogens (tertiary/aromatic N) is 5. The van der Waals surface area contributed by atoms with Crippen molar-refractivity contribution in [3.8, 4) is 11.4 Å². The van der Waals surface area contributed by atoms with Crippen LogP contribution in [0.1, 0.15) is 28.5 Å². The van der Waals surface area contributed by atoms with Crippen LogP contribution in [0, 0.1) is 13.8 Å². The van der Waals surface area contributed by atoms with Crippen LogP contribution in [0.3, 0.4) is 0 Å². The first-order chi connectivity index (χ1) is 13.5. The van der Waals surface area contributed by atoms with Gasteiger partial charge in [-0.2, -0.15) is 5.10 Å². The second-order valence-electron chi connectivity index (χ2n) is 7.24. The van der Waals surface area contributed by atoms with Crippen LogP contribution in [-0.4, -0.2) is 43.2 Å². The molecule has 0 spiro atoms. The Bertz CT molecular complexity index is 1260. The quantitative estimate of drug-likeness (QED) is 0.561. The molecule has 144 valence electrons. The predicted molar refractivity (Wildman–Crippen MR) is 106 cm³/mol. The van der Waals surface area contributed by atoms with E-state index in [1.165, 1.54) is 21.8 Å². The topological polar surface area (TPSA) is 76.6 Å². The van der Waals surface area contributed by atoms with Crippen LogP contribution in [-0.2, 0) is 0 Å². The zero-order valence-electron chi connectivity index (χ0n) is 15.5. The molecule has 5 heterocycles. The molecular weight excluding hydrogens is 379 g/mol. The molecule has 1 saturated heterocycles. The maximum absolute atomic E-state index is 14.3. The summed E-state index contributed by atoms with van der Waals surface area (Å²) in [4.78, 5) is 23.2. The van der Waals surface area contributed by atoms with Gasteiger partial charge in [0.2, 0.25) is 0 Å². The van der Waals surface area contributed by atoms with Crippen LogP contribution >= 0.6 is 11.3 Å². The molecular formula is C19H19FN6OS. The molecule has 1 N–H and O–H groups in total. The summed E-state index contributed by atoms with van der Waals surface area (Å²) in [5.41, 5.74) is 3.56. The standard InChI is InChI=1S/C19H19FN6OS/c1-10-5-15(24-26-8-11(2)22-18(10)26)14-6-17(27)25-9-16(28-19(25)23-14)12-3-4-21-7-13(12)20/h5-6,8-9,12-13,21H,3-4,7H2,1-2H3/t12?,13-/m0/s1. The van der Waals surface area contributed by atoms with E-state index in [2.05, 4.69) is 20.4 Å². The molecule has 0 bridgehead atoms. The molecule has 5 rings (SSSR count). The highest BCUT2D eigenvalue weighted by molar-refractivity contribution is 7.17. The van der Waals surface area contributed by atoms with E-state index >= 15 is 0 Å². The van der Waals surface area contributed by atoms with Gasteiger partial charge in [0.25, 0.3) is 5.56 Å². The SMILES string of the molecule is Cc1cn2nc(-c3cc(=O)n4cc(C5CCNC[C@@H]5F)sc4n3)cc(C)c2n1. The molecule has 0 amide bonds. The largest absolute Gasteiger partial charge is 0.314 e. The normalized spacial score (nSPS) is 20.2. The Morgan fingerprint density at radius 2 is 2.07 bits per heavy atom. The first kappa shape index (κ1) is 17.4. The van der Waals surface area contributed by atoms with E-state index in [0.29, 0.717) is 29.3 Å². The predicted octanol–water partition coefficient (Wildman–Crippen LogP) is 2.50. The third-order valence-corrected chi connectivity index (χ3v) is 6.27. The minimum atomic E-state index is -0.951. The number of alkyl halides is 1. The van der Waals surface area contributed by atoms with Crippen LogP contribution < -0.4 is 10.9 Å². The van der Waals surface area contributed by atoms with Crippen molar-refractivity contribution in [2.45, 2.75) is 32.4 Å². The molecule has 1 fully saturated rings. The lowest BCUT2D eigenvalue weighted by molar-refractivity contribution is 0.233. The molecule has 4 aromatic heterocycles. The summed E-state index contributed by atoms with van der Waals surface area (Å²) < 4.78 is 17.5. The third kappa shape index (κ3) is 2.82. The molecule has 0 saturated carbocycles. The Labute approximate surface area is 163 Å². The number of aromatic nitrogens is 5. The number of nitrogens with one attached hydrogen (secondary N) is 1. The third-order valence-electron chi connectivity index (χ3n) is 5.15. The van der Waals surface area contributed by atoms with Crippen molar-refractivity contribution in [1.29, 1.82) is 0 Å². The Morgan fingerprint density at radius 1 is 1.21 bits per heavy atom. The average Bonchev–Trinajstić information content (AvgIpc) is 3.25. The molecule has 2 atom stereocenters. The van der Waals surface area contributed by atoms with Crippen LogP contribution in [0.25, 0.3) is 22.0 Å². The van der Waals surface area contributed by atoms with E-state index in [9.17, 15) is 9.18 Å². The summed E-state index contributed by atoms with van der Waals surface area (Å²) in [5.74, 6) is -0.193. The minimum absolute atomic E-state index is 0.187. The van der Waals surface area contributed by atoms with E-state index in [1.54, 1.807) is 10.7 Å². The molecule has 1 aliphatic rings. The number of piperidine rings is 1. The average molecular weight is 398 g/mol. The van der Waals surface area contributed by atoms with Gasteiger partial charge in [0.05, 0.1) is 17.6 Å². The van der Waals surface area contributed by atoms with Gasteiger partial charge in [-0.25, -0.2) is 18.9 Å². The van der Waals surface area contributed by atoms with Crippen molar-refractivity contribution < 1.29 is 4.39 Å². The van der Waals surface area contributed by atoms with Gasteiger partial charge < -0.3 is 5.32 Å². The molecule has 1 aliphatic heterocycles. The summed E-state index contributed by atoms with van der Waals surface area (Å²) in [6, 6.07) is 3.37. The van der Waals surface area contributed by atoms with Crippen LogP contribution in [0.2, 0.25) is 0 Å². The lowest BCUT2D eigenvalue weighted by Crippen LogP contribution is -2.36. The number of rotatable bonds is 2. The van der Waals surface area contributed by atoms with Gasteiger partial charge in [-0.3, -0.25) is 9.20 Å². The van der Waals surface area contributed by atoms with Crippen molar-refractivity contribution in [3.05, 3.63) is 51.0 Å². The summed E-state index contributed by atoms with van der Waals surface area (Å²) in [6.07, 6.45) is 3.35. The molecule has 0 radical (unpaired) electrons. The summed E-state index contributed by atoms with van der Waals surface area (Å²) in [7, 11) is 0. The first-order valence-electron chi connectivity index (χ1n) is 9.21. The minimum Gasteiger partial charge on any atom is -0.314 e. The van der Waals surface area contributed by atoms with E-state index in [-0.39, 0.29) is 11.5 Å². The Morgan fingerprint density at radius 3 is 2.89 bits per heavy atom. The van der Waals surface area contributed by atoms with Gasteiger partial charge in [-0.1, -0.05) is 0 Å². The van der Waals surface area contributed by atoms with Gasteiger partial charge in [0, 0.05) is 29.6 Å². The number of fused-ring (bicyclic) bond motifs is 2. The number of hydrogen-bond acceptors (Lipinski definition) is 6. The summed E-state index contributed by atoms with van der Waals surface area (Å²) in [5, 5.41) is 7.62. The zero-order valence-corrected chi connectivity index (χ0v) is 16.3. The number of thiazole rings is 1. The molecule has 9 heteroatoms. The fraction of sp³-hybridized carbons (Fsp3) is 0.368. The monoisotopic (exact) mass is 398 g/mol. The Kier molecular flexibility index (Phi) is 4.02. The van der Waals surface area contributed by atoms with E-state index in [1.807, 2.05) is 26.1 Å². The van der Waals surface area contributed by atoms with Crippen molar-refractivity contribution in [1.82, 2.24) is 29.3 Å². The fourth-order valence-electron chi connectivity index (χ4n) is 3.73. The fourth-order valence-corrected chi connectivity index (χ4v) is 4.90. The van der Waals surface area contributed by atoms with E-state index in [0.717, 1.165) is 28.3 Å². The second-order valence-corrected chi connectivity index (χ2v) is 8.28. The highest BCUT2D eigenvalue weighted by Gasteiger charge is 2.28. The van der Waals surface area contributed by atoms with Crippen molar-refractivity contribution >= 4 is 21.9 Å². The van der Waals surface area contributed by atoms with Gasteiger partial charge >= 0.3 is 0 Å². The highest BCUT2D eigenvalue weighted by Crippen LogP contribution is 2.32. The molecule has 4 aromatic rings. The maximum atomic E-state index is 14.3. The van der Waals surface area contributed by atoms with Gasteiger partial charge in [-0.05, 0) is 38.4 Å². The number of imidazole rings is 1. The molecule has 0 aromatic carbocycles. The number of hydrogen-bond donors (Lipinski definition) is 1. The first-order valence-corrected chi connectivity index (χ1v) is 10.0. The number of halogens is 1. The van der Waals surface area contributed by atoms with Crippen molar-refractivity contribution in [2.24, 2.45) is 0 Å². The van der Waals surface area contributed by atoms with Crippen LogP contribution in [0.15, 0.2) is 29.3 Å². The van der Waals surface area contributed by atoms with Gasteiger partial charge in [-0.15, -0.1) is 11.3 Å². The lowest BCUT2D eigenvalue weighted by Gasteiger charge is -2.25. The van der Waals surface area contributed by atoms with E-state index in [4.69, 9.17) is 0 Å². The van der Waals surface area contributed by atoms with E-state index < -0.39 is 6.17 Å². The summed E-state index contributed by atoms with van der Waals surface area (Å²) in [6.45, 7) is 5.00. The molecule has 1 unspecified atom stereocenters. The van der Waals surface area contributed by atoms with Gasteiger partial charge in [0.15, 0.2) is 10.6 Å². The molecule has 7 nitrogen and oxygen atoms in total. The zero-order chi connectivity index (χ0) is 19.4. The smallest absolute Gasteiger partial charge is 0.259 e. The van der Waals surface area contributed by atoms with Crippen LogP contribution in [0.4, 0.5) is 4.39 Å². The Hall–Kier alpha value is -2.65.